The lowest BCUT2D eigenvalue weighted by Crippen LogP contribution is -2.51. The molecule has 1 heterocycles. The van der Waals surface area contributed by atoms with Crippen molar-refractivity contribution in [3.05, 3.63) is 5.21 Å². The van der Waals surface area contributed by atoms with Gasteiger partial charge in [-0.2, -0.15) is 0 Å². The summed E-state index contributed by atoms with van der Waals surface area (Å²) in [7, 11) is 0. The van der Waals surface area contributed by atoms with Gasteiger partial charge in [0.05, 0.1) is 19.8 Å². The monoisotopic (exact) mass is 188 g/mol. The molecule has 0 aromatic rings. The second kappa shape index (κ2) is 4.55. The molecule has 0 aromatic heterocycles. The molecule has 1 rings (SSSR count). The Morgan fingerprint density at radius 3 is 2.62 bits per heavy atom. The number of rotatable bonds is 4. The zero-order valence-electron chi connectivity index (χ0n) is 7.70. The maximum absolute atomic E-state index is 11.8. The number of carbonyl (C=O) groups is 1. The molecule has 5 nitrogen and oxygen atoms in total. The number of quaternary nitrogens is 1. The quantitative estimate of drug-likeness (QED) is 0.481. The van der Waals surface area contributed by atoms with Crippen molar-refractivity contribution in [3.8, 4) is 0 Å². The summed E-state index contributed by atoms with van der Waals surface area (Å²) in [6.07, 6.45) is 0.891. The van der Waals surface area contributed by atoms with E-state index < -0.39 is 0 Å². The second-order valence-corrected chi connectivity index (χ2v) is 3.41. The molecule has 1 aliphatic rings. The van der Waals surface area contributed by atoms with Crippen molar-refractivity contribution in [1.82, 2.24) is 0 Å². The summed E-state index contributed by atoms with van der Waals surface area (Å²) in [4.78, 5) is 10.4. The topological polar surface area (TPSA) is 75.4 Å². The number of morpholine rings is 1. The van der Waals surface area contributed by atoms with E-state index in [1.807, 2.05) is 0 Å². The zero-order valence-corrected chi connectivity index (χ0v) is 7.70. The minimum Gasteiger partial charge on any atom is -0.633 e. The lowest BCUT2D eigenvalue weighted by atomic mass is 10.2. The minimum absolute atomic E-state index is 0.229. The highest BCUT2D eigenvalue weighted by Crippen LogP contribution is 2.10. The molecular formula is C8H16N2O3. The first-order valence-electron chi connectivity index (χ1n) is 4.55. The van der Waals surface area contributed by atoms with Crippen LogP contribution in [0.4, 0.5) is 0 Å². The molecular weight excluding hydrogens is 172 g/mol. The Kier molecular flexibility index (Phi) is 3.65. The molecule has 0 saturated carbocycles. The SMILES string of the molecule is NC(=O)CCC[N+]1([O-])CCOCC1. The number of primary amides is 1. The smallest absolute Gasteiger partial charge is 0.217 e. The van der Waals surface area contributed by atoms with E-state index in [0.717, 1.165) is 0 Å². The lowest BCUT2D eigenvalue weighted by Gasteiger charge is -2.45. The fourth-order valence-electron chi connectivity index (χ4n) is 1.44. The van der Waals surface area contributed by atoms with Crippen molar-refractivity contribution in [2.75, 3.05) is 32.8 Å². The predicted octanol–water partition coefficient (Wildman–Crippen LogP) is -0.403. The summed E-state index contributed by atoms with van der Waals surface area (Å²) in [6.45, 7) is 2.53. The Hall–Kier alpha value is -0.650. The van der Waals surface area contributed by atoms with Crippen LogP contribution in [0.5, 0.6) is 0 Å². The molecule has 0 radical (unpaired) electrons. The van der Waals surface area contributed by atoms with Crippen LogP contribution in [-0.2, 0) is 9.53 Å². The van der Waals surface area contributed by atoms with Crippen molar-refractivity contribution in [2.45, 2.75) is 12.8 Å². The molecule has 2 N–H and O–H groups in total. The molecule has 0 spiro atoms. The first-order valence-corrected chi connectivity index (χ1v) is 4.55. The van der Waals surface area contributed by atoms with Crippen molar-refractivity contribution >= 4 is 5.91 Å². The molecule has 76 valence electrons. The van der Waals surface area contributed by atoms with Crippen LogP contribution in [0.15, 0.2) is 0 Å². The van der Waals surface area contributed by atoms with Gasteiger partial charge < -0.3 is 20.3 Å². The zero-order chi connectivity index (χ0) is 9.73. The first kappa shape index (κ1) is 10.4. The summed E-state index contributed by atoms with van der Waals surface area (Å²) in [5, 5.41) is 11.8. The van der Waals surface area contributed by atoms with Gasteiger partial charge in [-0.1, -0.05) is 0 Å². The van der Waals surface area contributed by atoms with Gasteiger partial charge in [-0.05, 0) is 0 Å². The van der Waals surface area contributed by atoms with E-state index in [2.05, 4.69) is 0 Å². The van der Waals surface area contributed by atoms with Crippen LogP contribution in [0, 0.1) is 5.21 Å². The third-order valence-electron chi connectivity index (χ3n) is 2.28. The van der Waals surface area contributed by atoms with Crippen LogP contribution in [0.25, 0.3) is 0 Å². The van der Waals surface area contributed by atoms with E-state index in [-0.39, 0.29) is 10.6 Å². The Bertz CT molecular complexity index is 178. The van der Waals surface area contributed by atoms with Gasteiger partial charge in [0.25, 0.3) is 0 Å². The van der Waals surface area contributed by atoms with E-state index in [9.17, 15) is 10.0 Å². The number of ether oxygens (including phenoxy) is 1. The molecule has 0 aliphatic carbocycles. The third kappa shape index (κ3) is 3.71. The van der Waals surface area contributed by atoms with Crippen LogP contribution in [0.3, 0.4) is 0 Å². The predicted molar refractivity (Wildman–Crippen MR) is 47.5 cm³/mol. The molecule has 0 unspecified atom stereocenters. The Labute approximate surface area is 77.6 Å². The number of nitrogens with two attached hydrogens (primary N) is 1. The van der Waals surface area contributed by atoms with E-state index >= 15 is 0 Å². The highest BCUT2D eigenvalue weighted by molar-refractivity contribution is 5.73. The van der Waals surface area contributed by atoms with Crippen LogP contribution in [-0.4, -0.2) is 43.4 Å². The van der Waals surface area contributed by atoms with E-state index in [4.69, 9.17) is 10.5 Å². The second-order valence-electron chi connectivity index (χ2n) is 3.41. The number of nitrogens with zero attached hydrogens (tertiary/aromatic N) is 1. The van der Waals surface area contributed by atoms with E-state index in [1.165, 1.54) is 0 Å². The van der Waals surface area contributed by atoms with Gasteiger partial charge in [0.2, 0.25) is 5.91 Å². The fourth-order valence-corrected chi connectivity index (χ4v) is 1.44. The van der Waals surface area contributed by atoms with Crippen LogP contribution in [0.2, 0.25) is 0 Å². The third-order valence-corrected chi connectivity index (χ3v) is 2.28. The van der Waals surface area contributed by atoms with Gasteiger partial charge in [-0.15, -0.1) is 0 Å². The molecule has 1 fully saturated rings. The summed E-state index contributed by atoms with van der Waals surface area (Å²) in [5.74, 6) is -0.333. The summed E-state index contributed by atoms with van der Waals surface area (Å²) >= 11 is 0. The first-order chi connectivity index (χ1) is 6.12. The van der Waals surface area contributed by atoms with Gasteiger partial charge in [-0.25, -0.2) is 0 Å². The van der Waals surface area contributed by atoms with Gasteiger partial charge in [-0.3, -0.25) is 4.79 Å². The average molecular weight is 188 g/mol. The van der Waals surface area contributed by atoms with E-state index in [0.29, 0.717) is 45.7 Å². The molecule has 5 heteroatoms. The summed E-state index contributed by atoms with van der Waals surface area (Å²) in [5.41, 5.74) is 4.98. The Morgan fingerprint density at radius 2 is 2.08 bits per heavy atom. The Balaban J connectivity index is 2.21. The largest absolute Gasteiger partial charge is 0.633 e. The van der Waals surface area contributed by atoms with Crippen molar-refractivity contribution in [1.29, 1.82) is 0 Å². The highest BCUT2D eigenvalue weighted by atomic mass is 16.6. The van der Waals surface area contributed by atoms with Gasteiger partial charge in [0.15, 0.2) is 0 Å². The maximum Gasteiger partial charge on any atom is 0.217 e. The number of carbonyl (C=O) groups excluding carboxylic acids is 1. The summed E-state index contributed by atoms with van der Waals surface area (Å²) < 4.78 is 4.86. The highest BCUT2D eigenvalue weighted by Gasteiger charge is 2.20. The molecule has 1 saturated heterocycles. The maximum atomic E-state index is 11.8. The minimum atomic E-state index is -0.333. The molecule has 0 atom stereocenters. The lowest BCUT2D eigenvalue weighted by molar-refractivity contribution is -0.888. The molecule has 0 bridgehead atoms. The molecule has 1 aliphatic heterocycles. The van der Waals surface area contributed by atoms with Gasteiger partial charge >= 0.3 is 0 Å². The number of hydrogen-bond acceptors (Lipinski definition) is 3. The normalized spacial score (nSPS) is 21.3. The van der Waals surface area contributed by atoms with E-state index in [1.54, 1.807) is 0 Å². The van der Waals surface area contributed by atoms with Gasteiger partial charge in [0, 0.05) is 12.8 Å². The van der Waals surface area contributed by atoms with Crippen LogP contribution < -0.4 is 5.73 Å². The van der Waals surface area contributed by atoms with Crippen molar-refractivity contribution in [3.63, 3.8) is 0 Å². The van der Waals surface area contributed by atoms with Crippen LogP contribution in [0.1, 0.15) is 12.8 Å². The number of hydroxylamine groups is 3. The fraction of sp³-hybridized carbons (Fsp3) is 0.875. The summed E-state index contributed by atoms with van der Waals surface area (Å²) in [6, 6.07) is 0. The van der Waals surface area contributed by atoms with Crippen molar-refractivity contribution < 1.29 is 14.2 Å². The molecule has 0 aromatic carbocycles. The van der Waals surface area contributed by atoms with Crippen molar-refractivity contribution in [2.24, 2.45) is 5.73 Å². The average Bonchev–Trinajstić information content (AvgIpc) is 2.04. The molecule has 13 heavy (non-hydrogen) atoms. The Morgan fingerprint density at radius 1 is 1.46 bits per heavy atom. The van der Waals surface area contributed by atoms with Crippen LogP contribution >= 0.6 is 0 Å². The standard InChI is InChI=1S/C8H16N2O3/c9-8(11)2-1-3-10(12)4-6-13-7-5-10/h1-7H2,(H2,9,11). The molecule has 1 amide bonds. The van der Waals surface area contributed by atoms with Gasteiger partial charge in [0.1, 0.15) is 13.1 Å². The number of hydrogen-bond donors (Lipinski definition) is 1. The number of amides is 1.